The zero-order valence-electron chi connectivity index (χ0n) is 10.9. The smallest absolute Gasteiger partial charge is 0.162 e. The minimum atomic E-state index is -0.235. The molecular formula is C14H18ClNO3. The lowest BCUT2D eigenvalue weighted by molar-refractivity contribution is 0.0723. The van der Waals surface area contributed by atoms with Crippen molar-refractivity contribution in [3.05, 3.63) is 22.7 Å². The zero-order valence-corrected chi connectivity index (χ0v) is 11.7. The Kier molecular flexibility index (Phi) is 3.56. The van der Waals surface area contributed by atoms with Crippen molar-refractivity contribution >= 4 is 11.6 Å². The maximum Gasteiger partial charge on any atom is 0.162 e. The third-order valence-electron chi connectivity index (χ3n) is 3.82. The number of ether oxygens (including phenoxy) is 3. The Bertz CT molecular complexity index is 480. The lowest BCUT2D eigenvalue weighted by Crippen LogP contribution is -2.30. The number of fused-ring (bicyclic) bond motifs is 1. The average molecular weight is 284 g/mol. The molecule has 2 heterocycles. The maximum atomic E-state index is 6.32. The maximum absolute atomic E-state index is 6.32. The SMILES string of the molecule is CC1CCOC1C(N)c1cc2c(cc1Cl)OCCO2. The standard InChI is InChI=1S/C14H18ClNO3/c1-8-2-3-19-14(8)13(16)9-6-11-12(7-10(9)15)18-5-4-17-11/h6-8,13-14H,2-5,16H2,1H3. The molecular weight excluding hydrogens is 266 g/mol. The van der Waals surface area contributed by atoms with Crippen LogP contribution in [0.1, 0.15) is 24.9 Å². The van der Waals surface area contributed by atoms with Crippen LogP contribution in [0.3, 0.4) is 0 Å². The van der Waals surface area contributed by atoms with Crippen molar-refractivity contribution in [2.45, 2.75) is 25.5 Å². The van der Waals surface area contributed by atoms with Crippen LogP contribution in [0.5, 0.6) is 11.5 Å². The molecule has 0 radical (unpaired) electrons. The van der Waals surface area contributed by atoms with Gasteiger partial charge in [0.15, 0.2) is 11.5 Å². The van der Waals surface area contributed by atoms with E-state index in [1.165, 1.54) is 0 Å². The van der Waals surface area contributed by atoms with Gasteiger partial charge in [0.1, 0.15) is 13.2 Å². The highest BCUT2D eigenvalue weighted by atomic mass is 35.5. The first kappa shape index (κ1) is 13.0. The number of rotatable bonds is 2. The van der Waals surface area contributed by atoms with E-state index in [0.29, 0.717) is 35.7 Å². The summed E-state index contributed by atoms with van der Waals surface area (Å²) >= 11 is 6.31. The molecule has 5 heteroatoms. The first-order valence-corrected chi connectivity index (χ1v) is 7.01. The minimum absolute atomic E-state index is 0.0139. The largest absolute Gasteiger partial charge is 0.486 e. The number of hydrogen-bond acceptors (Lipinski definition) is 4. The molecule has 1 aromatic carbocycles. The molecule has 2 aliphatic heterocycles. The van der Waals surface area contributed by atoms with Crippen molar-refractivity contribution in [3.63, 3.8) is 0 Å². The topological polar surface area (TPSA) is 53.7 Å². The molecule has 1 aromatic rings. The Morgan fingerprint density at radius 2 is 1.89 bits per heavy atom. The predicted octanol–water partition coefficient (Wildman–Crippen LogP) is 2.54. The molecule has 0 amide bonds. The number of nitrogens with two attached hydrogens (primary N) is 1. The van der Waals surface area contributed by atoms with E-state index in [1.54, 1.807) is 6.07 Å². The fraction of sp³-hybridized carbons (Fsp3) is 0.571. The molecule has 4 nitrogen and oxygen atoms in total. The van der Waals surface area contributed by atoms with E-state index in [0.717, 1.165) is 18.6 Å². The van der Waals surface area contributed by atoms with Crippen molar-refractivity contribution in [1.82, 2.24) is 0 Å². The fourth-order valence-corrected chi connectivity index (χ4v) is 2.97. The van der Waals surface area contributed by atoms with E-state index in [1.807, 2.05) is 6.07 Å². The second-order valence-electron chi connectivity index (χ2n) is 5.14. The van der Waals surface area contributed by atoms with Crippen molar-refractivity contribution in [2.75, 3.05) is 19.8 Å². The molecule has 0 bridgehead atoms. The van der Waals surface area contributed by atoms with Crippen molar-refractivity contribution in [2.24, 2.45) is 11.7 Å². The van der Waals surface area contributed by atoms with Crippen LogP contribution in [0.4, 0.5) is 0 Å². The Hall–Kier alpha value is -0.970. The molecule has 1 fully saturated rings. The first-order valence-electron chi connectivity index (χ1n) is 6.63. The highest BCUT2D eigenvalue weighted by molar-refractivity contribution is 6.31. The van der Waals surface area contributed by atoms with E-state index in [4.69, 9.17) is 31.5 Å². The van der Waals surface area contributed by atoms with Gasteiger partial charge in [-0.25, -0.2) is 0 Å². The van der Waals surface area contributed by atoms with E-state index >= 15 is 0 Å². The van der Waals surface area contributed by atoms with Gasteiger partial charge in [-0.3, -0.25) is 0 Å². The highest BCUT2D eigenvalue weighted by Gasteiger charge is 2.32. The van der Waals surface area contributed by atoms with E-state index < -0.39 is 0 Å². The summed E-state index contributed by atoms with van der Waals surface area (Å²) in [7, 11) is 0. The second-order valence-corrected chi connectivity index (χ2v) is 5.55. The number of hydrogen-bond donors (Lipinski definition) is 1. The van der Waals surface area contributed by atoms with Gasteiger partial charge in [-0.1, -0.05) is 18.5 Å². The summed E-state index contributed by atoms with van der Waals surface area (Å²) in [5.41, 5.74) is 7.18. The summed E-state index contributed by atoms with van der Waals surface area (Å²) < 4.78 is 16.8. The summed E-state index contributed by atoms with van der Waals surface area (Å²) in [5, 5.41) is 0.611. The molecule has 104 valence electrons. The highest BCUT2D eigenvalue weighted by Crippen LogP contribution is 2.40. The van der Waals surface area contributed by atoms with Crippen LogP contribution in [-0.2, 0) is 4.74 Å². The van der Waals surface area contributed by atoms with Crippen LogP contribution in [0.2, 0.25) is 5.02 Å². The third kappa shape index (κ3) is 2.40. The Morgan fingerprint density at radius 3 is 2.53 bits per heavy atom. The van der Waals surface area contributed by atoms with Crippen LogP contribution in [0.25, 0.3) is 0 Å². The monoisotopic (exact) mass is 283 g/mol. The third-order valence-corrected chi connectivity index (χ3v) is 4.15. The fourth-order valence-electron chi connectivity index (χ4n) is 2.69. The molecule has 3 rings (SSSR count). The van der Waals surface area contributed by atoms with Crippen LogP contribution >= 0.6 is 11.6 Å². The van der Waals surface area contributed by atoms with Gasteiger partial charge in [0.2, 0.25) is 0 Å². The summed E-state index contributed by atoms with van der Waals surface area (Å²) in [4.78, 5) is 0. The zero-order chi connectivity index (χ0) is 13.4. The van der Waals surface area contributed by atoms with Gasteiger partial charge in [-0.05, 0) is 24.0 Å². The Balaban J connectivity index is 1.91. The molecule has 1 saturated heterocycles. The van der Waals surface area contributed by atoms with Gasteiger partial charge in [0, 0.05) is 17.7 Å². The summed E-state index contributed by atoms with van der Waals surface area (Å²) in [5.74, 6) is 1.85. The van der Waals surface area contributed by atoms with Crippen LogP contribution in [0, 0.1) is 5.92 Å². The normalized spacial score (nSPS) is 27.3. The van der Waals surface area contributed by atoms with E-state index in [-0.39, 0.29) is 12.1 Å². The van der Waals surface area contributed by atoms with E-state index in [2.05, 4.69) is 6.92 Å². The average Bonchev–Trinajstić information content (AvgIpc) is 2.83. The number of benzene rings is 1. The molecule has 0 saturated carbocycles. The lowest BCUT2D eigenvalue weighted by atomic mass is 9.93. The molecule has 2 N–H and O–H groups in total. The van der Waals surface area contributed by atoms with Crippen molar-refractivity contribution in [1.29, 1.82) is 0 Å². The quantitative estimate of drug-likeness (QED) is 0.906. The summed E-state index contributed by atoms with van der Waals surface area (Å²) in [6.07, 6.45) is 1.06. The van der Waals surface area contributed by atoms with Crippen LogP contribution < -0.4 is 15.2 Å². The molecule has 0 aromatic heterocycles. The molecule has 0 spiro atoms. The molecule has 0 aliphatic carbocycles. The van der Waals surface area contributed by atoms with Crippen LogP contribution in [0.15, 0.2) is 12.1 Å². The van der Waals surface area contributed by atoms with Crippen molar-refractivity contribution < 1.29 is 14.2 Å². The lowest BCUT2D eigenvalue weighted by Gasteiger charge is -2.26. The number of halogens is 1. The molecule has 2 aliphatic rings. The van der Waals surface area contributed by atoms with Gasteiger partial charge in [-0.2, -0.15) is 0 Å². The van der Waals surface area contributed by atoms with Gasteiger partial charge < -0.3 is 19.9 Å². The molecule has 3 atom stereocenters. The summed E-state index contributed by atoms with van der Waals surface area (Å²) in [6.45, 7) is 4.03. The Labute approximate surface area is 117 Å². The summed E-state index contributed by atoms with van der Waals surface area (Å²) in [6, 6.07) is 3.43. The first-order chi connectivity index (χ1) is 9.16. The minimum Gasteiger partial charge on any atom is -0.486 e. The molecule has 3 unspecified atom stereocenters. The van der Waals surface area contributed by atoms with Gasteiger partial charge in [0.25, 0.3) is 0 Å². The van der Waals surface area contributed by atoms with Crippen molar-refractivity contribution in [3.8, 4) is 11.5 Å². The van der Waals surface area contributed by atoms with Crippen LogP contribution in [-0.4, -0.2) is 25.9 Å². The Morgan fingerprint density at radius 1 is 1.21 bits per heavy atom. The molecule has 19 heavy (non-hydrogen) atoms. The van der Waals surface area contributed by atoms with Gasteiger partial charge in [0.05, 0.1) is 12.1 Å². The van der Waals surface area contributed by atoms with Gasteiger partial charge in [-0.15, -0.1) is 0 Å². The van der Waals surface area contributed by atoms with E-state index in [9.17, 15) is 0 Å². The van der Waals surface area contributed by atoms with Gasteiger partial charge >= 0.3 is 0 Å². The second kappa shape index (κ2) is 5.19. The predicted molar refractivity (Wildman–Crippen MR) is 72.9 cm³/mol.